The van der Waals surface area contributed by atoms with Crippen molar-refractivity contribution in [3.05, 3.63) is 71.8 Å². The number of hydrogen-bond acceptors (Lipinski definition) is 3. The Hall–Kier alpha value is -1.49. The van der Waals surface area contributed by atoms with Crippen LogP contribution in [0.15, 0.2) is 60.7 Å². The van der Waals surface area contributed by atoms with E-state index in [-0.39, 0.29) is 23.6 Å². The third-order valence-corrected chi connectivity index (χ3v) is 6.18. The molecule has 1 aliphatic heterocycles. The van der Waals surface area contributed by atoms with E-state index in [1.807, 2.05) is 36.1 Å². The molecule has 1 amide bonds. The summed E-state index contributed by atoms with van der Waals surface area (Å²) in [7, 11) is 0. The van der Waals surface area contributed by atoms with Gasteiger partial charge in [-0.15, -0.1) is 24.2 Å². The van der Waals surface area contributed by atoms with Crippen LogP contribution in [0, 0.1) is 5.92 Å². The molecule has 3 nitrogen and oxygen atoms in total. The van der Waals surface area contributed by atoms with Crippen LogP contribution in [0.5, 0.6) is 0 Å². The molecule has 1 heterocycles. The number of benzene rings is 2. The molecule has 0 saturated carbocycles. The summed E-state index contributed by atoms with van der Waals surface area (Å²) in [6, 6.07) is 20.8. The molecule has 26 heavy (non-hydrogen) atoms. The fraction of sp³-hybridized carbons (Fsp3) is 0.381. The van der Waals surface area contributed by atoms with Crippen molar-refractivity contribution in [2.45, 2.75) is 23.8 Å². The standard InChI is InChI=1S/C21H26N2OS.ClH/c1-16(25-15-17-8-4-2-5-9-17)21(24)23-13-19(12-22)20(14-23)18-10-6-3-7-11-18;/h2-11,16,19-20H,12-15,22H2,1H3;1H/t16?,19-,20+;/m1./s1. The predicted octanol–water partition coefficient (Wildman–Crippen LogP) is 3.93. The first-order valence-corrected chi connectivity index (χ1v) is 9.93. The average molecular weight is 391 g/mol. The normalized spacial score (nSPS) is 20.5. The van der Waals surface area contributed by atoms with E-state index in [2.05, 4.69) is 36.4 Å². The lowest BCUT2D eigenvalue weighted by Crippen LogP contribution is -2.35. The lowest BCUT2D eigenvalue weighted by molar-refractivity contribution is -0.129. The Balaban J connectivity index is 0.00000243. The molecule has 0 radical (unpaired) electrons. The van der Waals surface area contributed by atoms with Gasteiger partial charge in [-0.3, -0.25) is 4.79 Å². The van der Waals surface area contributed by atoms with Crippen LogP contribution in [0.3, 0.4) is 0 Å². The molecular formula is C21H27ClN2OS. The van der Waals surface area contributed by atoms with Crippen LogP contribution in [0.4, 0.5) is 0 Å². The number of amides is 1. The molecule has 5 heteroatoms. The second kappa shape index (κ2) is 10.0. The smallest absolute Gasteiger partial charge is 0.235 e. The van der Waals surface area contributed by atoms with Crippen LogP contribution in [-0.2, 0) is 10.5 Å². The maximum Gasteiger partial charge on any atom is 0.235 e. The number of thioether (sulfide) groups is 1. The minimum atomic E-state index is -0.0341. The molecular weight excluding hydrogens is 364 g/mol. The SMILES string of the molecule is CC(SCc1ccccc1)C(=O)N1C[C@@H](CN)[C@H](c2ccccc2)C1.Cl. The highest BCUT2D eigenvalue weighted by Gasteiger charge is 2.36. The van der Waals surface area contributed by atoms with E-state index in [9.17, 15) is 4.79 Å². The van der Waals surface area contributed by atoms with E-state index in [0.29, 0.717) is 18.4 Å². The van der Waals surface area contributed by atoms with Gasteiger partial charge in [-0.25, -0.2) is 0 Å². The average Bonchev–Trinajstić information content (AvgIpc) is 3.11. The summed E-state index contributed by atoms with van der Waals surface area (Å²) in [5.41, 5.74) is 8.54. The minimum Gasteiger partial charge on any atom is -0.341 e. The lowest BCUT2D eigenvalue weighted by Gasteiger charge is -2.21. The van der Waals surface area contributed by atoms with Gasteiger partial charge in [0.25, 0.3) is 0 Å². The van der Waals surface area contributed by atoms with Crippen molar-refractivity contribution in [3.63, 3.8) is 0 Å². The molecule has 140 valence electrons. The topological polar surface area (TPSA) is 46.3 Å². The van der Waals surface area contributed by atoms with Crippen molar-refractivity contribution in [1.29, 1.82) is 0 Å². The second-order valence-corrected chi connectivity index (χ2v) is 8.02. The van der Waals surface area contributed by atoms with Gasteiger partial charge in [0.15, 0.2) is 0 Å². The molecule has 1 saturated heterocycles. The molecule has 2 aromatic carbocycles. The number of likely N-dealkylation sites (tertiary alicyclic amines) is 1. The number of hydrogen-bond donors (Lipinski definition) is 1. The third-order valence-electron chi connectivity index (χ3n) is 4.97. The highest BCUT2D eigenvalue weighted by Crippen LogP contribution is 2.33. The van der Waals surface area contributed by atoms with Crippen molar-refractivity contribution in [2.75, 3.05) is 19.6 Å². The Labute approximate surface area is 166 Å². The van der Waals surface area contributed by atoms with Crippen molar-refractivity contribution in [1.82, 2.24) is 4.90 Å². The Kier molecular flexibility index (Phi) is 8.01. The van der Waals surface area contributed by atoms with Crippen molar-refractivity contribution in [3.8, 4) is 0 Å². The Morgan fingerprint density at radius 2 is 1.73 bits per heavy atom. The lowest BCUT2D eigenvalue weighted by atomic mass is 9.89. The largest absolute Gasteiger partial charge is 0.341 e. The molecule has 2 aromatic rings. The summed E-state index contributed by atoms with van der Waals surface area (Å²) in [6.45, 7) is 4.18. The number of carbonyl (C=O) groups is 1. The Morgan fingerprint density at radius 3 is 2.35 bits per heavy atom. The summed E-state index contributed by atoms with van der Waals surface area (Å²) in [5.74, 6) is 1.79. The van der Waals surface area contributed by atoms with Crippen molar-refractivity contribution < 1.29 is 4.79 Å². The first kappa shape index (κ1) is 20.8. The van der Waals surface area contributed by atoms with E-state index in [0.717, 1.165) is 18.8 Å². The number of halogens is 1. The van der Waals surface area contributed by atoms with Gasteiger partial charge in [-0.05, 0) is 30.5 Å². The van der Waals surface area contributed by atoms with Crippen LogP contribution in [0.25, 0.3) is 0 Å². The predicted molar refractivity (Wildman–Crippen MR) is 113 cm³/mol. The molecule has 3 rings (SSSR count). The van der Waals surface area contributed by atoms with E-state index in [1.165, 1.54) is 11.1 Å². The van der Waals surface area contributed by atoms with Crippen LogP contribution in [0.1, 0.15) is 24.0 Å². The van der Waals surface area contributed by atoms with Crippen LogP contribution < -0.4 is 5.73 Å². The summed E-state index contributed by atoms with van der Waals surface area (Å²) >= 11 is 1.71. The van der Waals surface area contributed by atoms with E-state index < -0.39 is 0 Å². The third kappa shape index (κ3) is 5.03. The Morgan fingerprint density at radius 1 is 1.12 bits per heavy atom. The molecule has 1 fully saturated rings. The van der Waals surface area contributed by atoms with E-state index in [1.54, 1.807) is 11.8 Å². The molecule has 1 aliphatic rings. The van der Waals surface area contributed by atoms with Gasteiger partial charge in [0, 0.05) is 24.8 Å². The first-order chi connectivity index (χ1) is 12.2. The van der Waals surface area contributed by atoms with Gasteiger partial charge in [0.1, 0.15) is 0 Å². The van der Waals surface area contributed by atoms with Gasteiger partial charge in [-0.1, -0.05) is 60.7 Å². The summed E-state index contributed by atoms with van der Waals surface area (Å²) in [6.07, 6.45) is 0. The minimum absolute atomic E-state index is 0. The molecule has 2 N–H and O–H groups in total. The zero-order valence-corrected chi connectivity index (χ0v) is 16.7. The fourth-order valence-electron chi connectivity index (χ4n) is 3.49. The fourth-order valence-corrected chi connectivity index (χ4v) is 4.42. The van der Waals surface area contributed by atoms with Crippen molar-refractivity contribution >= 4 is 30.1 Å². The molecule has 1 unspecified atom stereocenters. The molecule has 0 aromatic heterocycles. The zero-order chi connectivity index (χ0) is 17.6. The number of nitrogens with zero attached hydrogens (tertiary/aromatic N) is 1. The van der Waals surface area contributed by atoms with Crippen molar-refractivity contribution in [2.24, 2.45) is 11.7 Å². The molecule has 0 aliphatic carbocycles. The number of nitrogens with two attached hydrogens (primary N) is 1. The first-order valence-electron chi connectivity index (χ1n) is 8.88. The monoisotopic (exact) mass is 390 g/mol. The molecule has 0 spiro atoms. The Bertz CT molecular complexity index is 683. The molecule has 0 bridgehead atoms. The van der Waals surface area contributed by atoms with E-state index in [4.69, 9.17) is 5.73 Å². The van der Waals surface area contributed by atoms with Gasteiger partial charge in [-0.2, -0.15) is 0 Å². The van der Waals surface area contributed by atoms with Crippen LogP contribution in [0.2, 0.25) is 0 Å². The second-order valence-electron chi connectivity index (χ2n) is 6.70. The maximum atomic E-state index is 12.9. The summed E-state index contributed by atoms with van der Waals surface area (Å²) in [4.78, 5) is 14.9. The van der Waals surface area contributed by atoms with Gasteiger partial charge in [0.05, 0.1) is 5.25 Å². The number of carbonyl (C=O) groups excluding carboxylic acids is 1. The van der Waals surface area contributed by atoms with Gasteiger partial charge >= 0.3 is 0 Å². The van der Waals surface area contributed by atoms with Gasteiger partial charge in [0.2, 0.25) is 5.91 Å². The van der Waals surface area contributed by atoms with Gasteiger partial charge < -0.3 is 10.6 Å². The van der Waals surface area contributed by atoms with Crippen LogP contribution in [-0.4, -0.2) is 35.7 Å². The van der Waals surface area contributed by atoms with Crippen LogP contribution >= 0.6 is 24.2 Å². The summed E-state index contributed by atoms with van der Waals surface area (Å²) in [5, 5.41) is -0.0341. The maximum absolute atomic E-state index is 12.9. The number of rotatable bonds is 6. The highest BCUT2D eigenvalue weighted by molar-refractivity contribution is 7.99. The highest BCUT2D eigenvalue weighted by atomic mass is 35.5. The molecule has 3 atom stereocenters. The zero-order valence-electron chi connectivity index (χ0n) is 15.1. The van der Waals surface area contributed by atoms with E-state index >= 15 is 0 Å². The quantitative estimate of drug-likeness (QED) is 0.812. The summed E-state index contributed by atoms with van der Waals surface area (Å²) < 4.78 is 0.